The van der Waals surface area contributed by atoms with Gasteiger partial charge >= 0.3 is 11.6 Å². The highest BCUT2D eigenvalue weighted by molar-refractivity contribution is 5.87. The highest BCUT2D eigenvalue weighted by atomic mass is 16.5. The fourth-order valence-corrected chi connectivity index (χ4v) is 2.00. The monoisotopic (exact) mass is 261 g/mol. The van der Waals surface area contributed by atoms with Crippen molar-refractivity contribution in [3.05, 3.63) is 56.6 Å². The summed E-state index contributed by atoms with van der Waals surface area (Å²) in [7, 11) is 0. The van der Waals surface area contributed by atoms with Crippen molar-refractivity contribution in [1.82, 2.24) is 4.74 Å². The fraction of sp³-hybridized carbons (Fsp3) is 0.286. The van der Waals surface area contributed by atoms with Gasteiger partial charge in [-0.1, -0.05) is 23.8 Å². The van der Waals surface area contributed by atoms with Crippen molar-refractivity contribution in [1.29, 1.82) is 0 Å². The summed E-state index contributed by atoms with van der Waals surface area (Å²) in [6, 6.07) is 5.89. The van der Waals surface area contributed by atoms with E-state index in [4.69, 9.17) is 9.63 Å². The topological polar surface area (TPSA) is 72.4 Å². The zero-order chi connectivity index (χ0) is 14.2. The third-order valence-electron chi connectivity index (χ3n) is 3.13. The highest BCUT2D eigenvalue weighted by Crippen LogP contribution is 2.14. The summed E-state index contributed by atoms with van der Waals surface area (Å²) in [5.41, 5.74) is 2.45. The minimum Gasteiger partial charge on any atom is -0.476 e. The van der Waals surface area contributed by atoms with Crippen molar-refractivity contribution in [3.8, 4) is 0 Å². The molecule has 0 spiro atoms. The van der Waals surface area contributed by atoms with Crippen LogP contribution in [-0.2, 0) is 6.54 Å². The molecule has 0 radical (unpaired) electrons. The van der Waals surface area contributed by atoms with Crippen molar-refractivity contribution in [2.24, 2.45) is 0 Å². The number of aromatic carboxylic acids is 1. The fourth-order valence-electron chi connectivity index (χ4n) is 2.00. The average molecular weight is 261 g/mol. The molecular weight excluding hydrogens is 246 g/mol. The first-order valence-electron chi connectivity index (χ1n) is 5.90. The molecule has 0 saturated carbocycles. The van der Waals surface area contributed by atoms with E-state index in [-0.39, 0.29) is 17.8 Å². The van der Waals surface area contributed by atoms with Gasteiger partial charge in [0.1, 0.15) is 0 Å². The molecule has 1 heterocycles. The molecule has 0 aliphatic rings. The molecule has 5 heteroatoms. The lowest BCUT2D eigenvalue weighted by molar-refractivity contribution is 0.0669. The molecule has 0 bridgehead atoms. The second-order valence-electron chi connectivity index (χ2n) is 4.62. The number of rotatable bonds is 3. The molecule has 0 aliphatic carbocycles. The first-order valence-corrected chi connectivity index (χ1v) is 5.90. The van der Waals surface area contributed by atoms with Crippen molar-refractivity contribution >= 4 is 5.97 Å². The Morgan fingerprint density at radius 1 is 1.32 bits per heavy atom. The molecule has 2 aromatic rings. The molecular formula is C14H15NO4. The molecule has 2 rings (SSSR count). The molecule has 0 amide bonds. The number of hydrogen-bond donors (Lipinski definition) is 1. The van der Waals surface area contributed by atoms with Crippen LogP contribution in [0.2, 0.25) is 0 Å². The van der Waals surface area contributed by atoms with E-state index in [1.54, 1.807) is 0 Å². The summed E-state index contributed by atoms with van der Waals surface area (Å²) in [4.78, 5) is 22.6. The van der Waals surface area contributed by atoms with E-state index in [1.807, 2.05) is 32.0 Å². The minimum atomic E-state index is -1.16. The lowest BCUT2D eigenvalue weighted by Crippen LogP contribution is -2.10. The predicted molar refractivity (Wildman–Crippen MR) is 69.7 cm³/mol. The molecule has 1 aromatic heterocycles. The van der Waals surface area contributed by atoms with Crippen molar-refractivity contribution in [2.75, 3.05) is 0 Å². The quantitative estimate of drug-likeness (QED) is 0.918. The zero-order valence-electron chi connectivity index (χ0n) is 11.1. The van der Waals surface area contributed by atoms with E-state index in [2.05, 4.69) is 0 Å². The van der Waals surface area contributed by atoms with Crippen molar-refractivity contribution < 1.29 is 14.4 Å². The van der Waals surface area contributed by atoms with Gasteiger partial charge in [0.25, 0.3) is 0 Å². The molecule has 0 unspecified atom stereocenters. The summed E-state index contributed by atoms with van der Waals surface area (Å²) in [5, 5.41) is 9.14. The van der Waals surface area contributed by atoms with Crippen LogP contribution >= 0.6 is 0 Å². The highest BCUT2D eigenvalue weighted by Gasteiger charge is 2.20. The van der Waals surface area contributed by atoms with Gasteiger partial charge < -0.3 is 9.63 Å². The Balaban J connectivity index is 2.49. The van der Waals surface area contributed by atoms with Crippen LogP contribution in [0.15, 0.2) is 27.5 Å². The Kier molecular flexibility index (Phi) is 3.29. The van der Waals surface area contributed by atoms with E-state index < -0.39 is 11.6 Å². The molecule has 1 N–H and O–H groups in total. The largest absolute Gasteiger partial charge is 0.476 e. The molecule has 100 valence electrons. The van der Waals surface area contributed by atoms with Gasteiger partial charge in [0.05, 0.1) is 12.1 Å². The smallest absolute Gasteiger partial charge is 0.361 e. The molecule has 0 atom stereocenters. The maximum atomic E-state index is 11.5. The van der Waals surface area contributed by atoms with Gasteiger partial charge in [0, 0.05) is 0 Å². The third kappa shape index (κ3) is 2.45. The lowest BCUT2D eigenvalue weighted by Gasteiger charge is -2.08. The average Bonchev–Trinajstić information content (AvgIpc) is 2.59. The van der Waals surface area contributed by atoms with Gasteiger partial charge in [-0.15, -0.1) is 0 Å². The number of benzene rings is 1. The van der Waals surface area contributed by atoms with Gasteiger partial charge in [-0.3, -0.25) is 0 Å². The van der Waals surface area contributed by atoms with Gasteiger partial charge in [-0.2, -0.15) is 4.74 Å². The van der Waals surface area contributed by atoms with E-state index in [0.29, 0.717) is 0 Å². The summed E-state index contributed by atoms with van der Waals surface area (Å²) < 4.78 is 6.13. The zero-order valence-corrected chi connectivity index (χ0v) is 11.1. The third-order valence-corrected chi connectivity index (χ3v) is 3.13. The predicted octanol–water partition coefficient (Wildman–Crippen LogP) is 2.11. The van der Waals surface area contributed by atoms with Crippen LogP contribution < -0.4 is 5.63 Å². The first kappa shape index (κ1) is 13.1. The number of carboxylic acids is 1. The van der Waals surface area contributed by atoms with Gasteiger partial charge in [0.15, 0.2) is 5.69 Å². The van der Waals surface area contributed by atoms with Crippen molar-refractivity contribution in [2.45, 2.75) is 27.3 Å². The van der Waals surface area contributed by atoms with Gasteiger partial charge in [0.2, 0.25) is 0 Å². The Bertz CT molecular complexity index is 694. The Morgan fingerprint density at radius 3 is 2.63 bits per heavy atom. The SMILES string of the molecule is Cc1ccc(C)c(Cn2oc(=O)c(C)c2C(=O)O)c1. The van der Waals surface area contributed by atoms with Gasteiger partial charge in [-0.25, -0.2) is 9.59 Å². The summed E-state index contributed by atoms with van der Waals surface area (Å²) >= 11 is 0. The van der Waals surface area contributed by atoms with Crippen LogP contribution in [-0.4, -0.2) is 15.8 Å². The number of aryl methyl sites for hydroxylation is 2. The Morgan fingerprint density at radius 2 is 2.00 bits per heavy atom. The van der Waals surface area contributed by atoms with Crippen LogP contribution in [0.25, 0.3) is 0 Å². The number of carboxylic acid groups (broad SMARTS) is 1. The summed E-state index contributed by atoms with van der Waals surface area (Å²) in [6.45, 7) is 5.58. The lowest BCUT2D eigenvalue weighted by atomic mass is 10.1. The molecule has 0 saturated heterocycles. The second kappa shape index (κ2) is 4.76. The number of hydrogen-bond acceptors (Lipinski definition) is 3. The minimum absolute atomic E-state index is 0.0918. The van der Waals surface area contributed by atoms with Crippen LogP contribution in [0, 0.1) is 20.8 Å². The Hall–Kier alpha value is -2.30. The standard InChI is InChI=1S/C14H15NO4/c1-8-4-5-9(2)11(6-8)7-15-12(13(16)17)10(3)14(18)19-15/h4-6H,7H2,1-3H3,(H,16,17). The second-order valence-corrected chi connectivity index (χ2v) is 4.62. The van der Waals surface area contributed by atoms with Crippen LogP contribution in [0.1, 0.15) is 32.7 Å². The first-order chi connectivity index (χ1) is 8.90. The summed E-state index contributed by atoms with van der Waals surface area (Å²) in [5.74, 6) is -1.16. The number of carbonyl (C=O) groups is 1. The Labute approximate surface area is 110 Å². The van der Waals surface area contributed by atoms with Crippen LogP contribution in [0.5, 0.6) is 0 Å². The molecule has 1 aromatic carbocycles. The summed E-state index contributed by atoms with van der Waals surface area (Å²) in [6.07, 6.45) is 0. The van der Waals surface area contributed by atoms with Crippen LogP contribution in [0.4, 0.5) is 0 Å². The van der Waals surface area contributed by atoms with Gasteiger partial charge in [-0.05, 0) is 31.9 Å². The normalized spacial score (nSPS) is 10.7. The van der Waals surface area contributed by atoms with E-state index in [9.17, 15) is 9.59 Å². The van der Waals surface area contributed by atoms with E-state index >= 15 is 0 Å². The maximum Gasteiger partial charge on any atom is 0.361 e. The van der Waals surface area contributed by atoms with E-state index in [0.717, 1.165) is 21.4 Å². The number of aromatic nitrogens is 1. The molecule has 5 nitrogen and oxygen atoms in total. The number of nitrogens with zero attached hydrogens (tertiary/aromatic N) is 1. The van der Waals surface area contributed by atoms with Crippen molar-refractivity contribution in [3.63, 3.8) is 0 Å². The maximum absolute atomic E-state index is 11.5. The molecule has 0 aliphatic heterocycles. The van der Waals surface area contributed by atoms with Crippen LogP contribution in [0.3, 0.4) is 0 Å². The molecule has 19 heavy (non-hydrogen) atoms. The van der Waals surface area contributed by atoms with E-state index in [1.165, 1.54) is 6.92 Å². The molecule has 0 fully saturated rings.